The van der Waals surface area contributed by atoms with E-state index in [1.165, 1.54) is 12.8 Å². The topological polar surface area (TPSA) is 67.1 Å². The summed E-state index contributed by atoms with van der Waals surface area (Å²) in [4.78, 5) is 11.5. The largest absolute Gasteiger partial charge is 0.380 e. The van der Waals surface area contributed by atoms with Crippen LogP contribution in [-0.2, 0) is 0 Å². The first kappa shape index (κ1) is 17.5. The van der Waals surface area contributed by atoms with E-state index in [2.05, 4.69) is 41.0 Å². The molecule has 0 spiro atoms. The van der Waals surface area contributed by atoms with Crippen molar-refractivity contribution in [2.75, 3.05) is 23.3 Å². The molecule has 2 aliphatic rings. The fourth-order valence-corrected chi connectivity index (χ4v) is 3.98. The lowest BCUT2D eigenvalue weighted by Gasteiger charge is -2.35. The number of aromatic nitrogens is 2. The third kappa shape index (κ3) is 4.38. The van der Waals surface area contributed by atoms with Gasteiger partial charge in [0.2, 0.25) is 5.95 Å². The third-order valence-electron chi connectivity index (χ3n) is 5.90. The Balaban J connectivity index is 1.51. The summed E-state index contributed by atoms with van der Waals surface area (Å²) in [5.74, 6) is 2.51. The molecule has 3 N–H and O–H groups in total. The number of hydrogen-bond donors (Lipinski definition) is 2. The first-order chi connectivity index (χ1) is 11.4. The lowest BCUT2D eigenvalue weighted by molar-refractivity contribution is 0.305. The van der Waals surface area contributed by atoms with Crippen molar-refractivity contribution in [1.82, 2.24) is 9.97 Å². The van der Waals surface area contributed by atoms with E-state index in [9.17, 15) is 0 Å². The molecule has 0 unspecified atom stereocenters. The molecule has 2 fully saturated rings. The van der Waals surface area contributed by atoms with Crippen LogP contribution in [0.15, 0.2) is 12.4 Å². The summed E-state index contributed by atoms with van der Waals surface area (Å²) in [6, 6.07) is 0.498. The minimum Gasteiger partial charge on any atom is -0.380 e. The molecule has 0 atom stereocenters. The predicted octanol–water partition coefficient (Wildman–Crippen LogP) is 3.42. The second kappa shape index (κ2) is 7.26. The van der Waals surface area contributed by atoms with E-state index in [4.69, 9.17) is 5.73 Å². The van der Waals surface area contributed by atoms with E-state index in [1.807, 2.05) is 12.4 Å². The van der Waals surface area contributed by atoms with E-state index >= 15 is 0 Å². The first-order valence-electron chi connectivity index (χ1n) is 9.55. The molecule has 134 valence electrons. The van der Waals surface area contributed by atoms with Gasteiger partial charge in [-0.1, -0.05) is 13.8 Å². The fourth-order valence-electron chi connectivity index (χ4n) is 3.98. The number of piperidine rings is 1. The average molecular weight is 332 g/mol. The summed E-state index contributed by atoms with van der Waals surface area (Å²) in [6.45, 7) is 8.97. The Labute approximate surface area is 146 Å². The van der Waals surface area contributed by atoms with Crippen LogP contribution in [0.1, 0.15) is 59.3 Å². The highest BCUT2D eigenvalue weighted by Gasteiger charge is 2.27. The maximum atomic E-state index is 6.21. The Morgan fingerprint density at radius 2 is 1.71 bits per heavy atom. The smallest absolute Gasteiger partial charge is 0.225 e. The van der Waals surface area contributed by atoms with Crippen LogP contribution in [0.2, 0.25) is 0 Å². The molecular weight excluding hydrogens is 298 g/mol. The maximum Gasteiger partial charge on any atom is 0.225 e. The Hall–Kier alpha value is -1.36. The summed E-state index contributed by atoms with van der Waals surface area (Å²) in [5, 5.41) is 3.57. The molecular formula is C19H33N5. The summed E-state index contributed by atoms with van der Waals surface area (Å²) in [6.07, 6.45) is 10.8. The highest BCUT2D eigenvalue weighted by Crippen LogP contribution is 2.28. The van der Waals surface area contributed by atoms with E-state index in [0.717, 1.165) is 62.2 Å². The molecule has 24 heavy (non-hydrogen) atoms. The number of nitrogens with one attached hydrogen (secondary N) is 1. The Kier molecular flexibility index (Phi) is 5.28. The summed E-state index contributed by atoms with van der Waals surface area (Å²) in [5.41, 5.74) is 7.25. The highest BCUT2D eigenvalue weighted by atomic mass is 15.3. The van der Waals surface area contributed by atoms with Crippen LogP contribution in [-0.4, -0.2) is 34.6 Å². The second-order valence-corrected chi connectivity index (χ2v) is 8.41. The van der Waals surface area contributed by atoms with Crippen molar-refractivity contribution in [3.8, 4) is 0 Å². The minimum atomic E-state index is 0.0145. The molecule has 0 aromatic carbocycles. The second-order valence-electron chi connectivity index (χ2n) is 8.41. The Morgan fingerprint density at radius 3 is 2.25 bits per heavy atom. The van der Waals surface area contributed by atoms with Crippen LogP contribution >= 0.6 is 0 Å². The number of hydrogen-bond acceptors (Lipinski definition) is 5. The van der Waals surface area contributed by atoms with Crippen molar-refractivity contribution in [1.29, 1.82) is 0 Å². The van der Waals surface area contributed by atoms with Gasteiger partial charge in [-0.3, -0.25) is 0 Å². The molecule has 5 nitrogen and oxygen atoms in total. The van der Waals surface area contributed by atoms with E-state index in [0.29, 0.717) is 6.04 Å². The van der Waals surface area contributed by atoms with Crippen molar-refractivity contribution in [3.63, 3.8) is 0 Å². The molecule has 1 aromatic heterocycles. The quantitative estimate of drug-likeness (QED) is 0.885. The lowest BCUT2D eigenvalue weighted by Crippen LogP contribution is -2.43. The lowest BCUT2D eigenvalue weighted by atomic mass is 9.81. The number of nitrogens with two attached hydrogens (primary N) is 1. The van der Waals surface area contributed by atoms with Gasteiger partial charge in [-0.05, 0) is 57.3 Å². The third-order valence-corrected chi connectivity index (χ3v) is 5.90. The van der Waals surface area contributed by atoms with Crippen LogP contribution in [0.25, 0.3) is 0 Å². The van der Waals surface area contributed by atoms with Gasteiger partial charge in [0.15, 0.2) is 0 Å². The zero-order valence-electron chi connectivity index (χ0n) is 15.5. The van der Waals surface area contributed by atoms with Crippen LogP contribution in [0.5, 0.6) is 0 Å². The molecule has 0 radical (unpaired) electrons. The molecule has 1 aliphatic heterocycles. The fraction of sp³-hybridized carbons (Fsp3) is 0.789. The van der Waals surface area contributed by atoms with Crippen molar-refractivity contribution >= 4 is 11.6 Å². The van der Waals surface area contributed by atoms with Gasteiger partial charge in [-0.2, -0.15) is 0 Å². The van der Waals surface area contributed by atoms with Crippen molar-refractivity contribution in [3.05, 3.63) is 12.4 Å². The Morgan fingerprint density at radius 1 is 1.12 bits per heavy atom. The molecule has 1 saturated carbocycles. The van der Waals surface area contributed by atoms with Gasteiger partial charge in [-0.25, -0.2) is 9.97 Å². The van der Waals surface area contributed by atoms with Gasteiger partial charge in [0, 0.05) is 24.7 Å². The van der Waals surface area contributed by atoms with E-state index < -0.39 is 0 Å². The van der Waals surface area contributed by atoms with Crippen LogP contribution < -0.4 is 16.0 Å². The minimum absolute atomic E-state index is 0.0145. The van der Waals surface area contributed by atoms with Crippen LogP contribution in [0, 0.1) is 11.8 Å². The van der Waals surface area contributed by atoms with Crippen molar-refractivity contribution in [2.45, 2.75) is 70.9 Å². The molecule has 5 heteroatoms. The molecule has 1 saturated heterocycles. The maximum absolute atomic E-state index is 6.21. The zero-order valence-corrected chi connectivity index (χ0v) is 15.5. The van der Waals surface area contributed by atoms with Gasteiger partial charge in [0.25, 0.3) is 0 Å². The summed E-state index contributed by atoms with van der Waals surface area (Å²) < 4.78 is 0. The number of anilines is 2. The number of rotatable bonds is 4. The SMILES string of the molecule is CC(C)C1CCN(c2ncc(NC3CCC(C)(N)CC3)cn2)CC1. The molecule has 1 aromatic rings. The van der Waals surface area contributed by atoms with Crippen molar-refractivity contribution < 1.29 is 0 Å². The number of nitrogens with zero attached hydrogens (tertiary/aromatic N) is 3. The van der Waals surface area contributed by atoms with Gasteiger partial charge in [-0.15, -0.1) is 0 Å². The zero-order chi connectivity index (χ0) is 17.2. The van der Waals surface area contributed by atoms with Gasteiger partial charge >= 0.3 is 0 Å². The van der Waals surface area contributed by atoms with E-state index in [-0.39, 0.29) is 5.54 Å². The van der Waals surface area contributed by atoms with Gasteiger partial charge < -0.3 is 16.0 Å². The standard InChI is InChI=1S/C19H33N5/c1-14(2)15-6-10-24(11-7-15)18-21-12-17(13-22-18)23-16-4-8-19(3,20)9-5-16/h12-16,23H,4-11,20H2,1-3H3. The summed E-state index contributed by atoms with van der Waals surface area (Å²) >= 11 is 0. The average Bonchev–Trinajstić information content (AvgIpc) is 2.58. The van der Waals surface area contributed by atoms with Gasteiger partial charge in [0.05, 0.1) is 18.1 Å². The monoisotopic (exact) mass is 331 g/mol. The Bertz CT molecular complexity index is 507. The van der Waals surface area contributed by atoms with Crippen LogP contribution in [0.4, 0.5) is 11.6 Å². The van der Waals surface area contributed by atoms with Crippen LogP contribution in [0.3, 0.4) is 0 Å². The molecule has 3 rings (SSSR count). The van der Waals surface area contributed by atoms with Crippen molar-refractivity contribution in [2.24, 2.45) is 17.6 Å². The molecule has 0 bridgehead atoms. The van der Waals surface area contributed by atoms with E-state index in [1.54, 1.807) is 0 Å². The molecule has 1 aliphatic carbocycles. The molecule has 2 heterocycles. The highest BCUT2D eigenvalue weighted by molar-refractivity contribution is 5.43. The first-order valence-corrected chi connectivity index (χ1v) is 9.55. The normalized spacial score (nSPS) is 29.0. The molecule has 0 amide bonds. The summed E-state index contributed by atoms with van der Waals surface area (Å²) in [7, 11) is 0. The van der Waals surface area contributed by atoms with Gasteiger partial charge in [0.1, 0.15) is 0 Å². The predicted molar refractivity (Wildman–Crippen MR) is 100 cm³/mol.